The highest BCUT2D eigenvalue weighted by molar-refractivity contribution is 7.79. The molecule has 3 aromatic carbocycles. The molecule has 4 rings (SSSR count). The molecule has 0 aliphatic carbocycles. The zero-order valence-corrected chi connectivity index (χ0v) is 17.3. The molecule has 1 unspecified atom stereocenters. The average Bonchev–Trinajstić information content (AvgIpc) is 2.81. The van der Waals surface area contributed by atoms with Gasteiger partial charge in [-0.25, -0.2) is 0 Å². The van der Waals surface area contributed by atoms with E-state index in [4.69, 9.17) is 4.74 Å². The lowest BCUT2D eigenvalue weighted by molar-refractivity contribution is 0.0375. The molecule has 148 valence electrons. The molecule has 0 spiro atoms. The van der Waals surface area contributed by atoms with Gasteiger partial charge in [-0.2, -0.15) is 0 Å². The molecular formula is C25H26NO2P. The van der Waals surface area contributed by atoms with Gasteiger partial charge in [0.05, 0.1) is 19.0 Å². The number of morpholine rings is 1. The number of ether oxygens (including phenoxy) is 1. The van der Waals surface area contributed by atoms with Gasteiger partial charge in [0, 0.05) is 23.7 Å². The molecule has 1 saturated heterocycles. The minimum atomic E-state index is -2.96. The summed E-state index contributed by atoms with van der Waals surface area (Å²) in [7, 11) is -2.96. The van der Waals surface area contributed by atoms with Crippen molar-refractivity contribution in [1.29, 1.82) is 0 Å². The Balaban J connectivity index is 1.84. The molecule has 3 nitrogen and oxygen atoms in total. The molecule has 29 heavy (non-hydrogen) atoms. The van der Waals surface area contributed by atoms with Gasteiger partial charge >= 0.3 is 0 Å². The first-order valence-corrected chi connectivity index (χ1v) is 11.8. The summed E-state index contributed by atoms with van der Waals surface area (Å²) >= 11 is 0. The normalized spacial score (nSPS) is 16.7. The topological polar surface area (TPSA) is 29.5 Å². The second kappa shape index (κ2) is 9.37. The summed E-state index contributed by atoms with van der Waals surface area (Å²) in [5.41, 5.74) is 1.11. The Morgan fingerprint density at radius 2 is 1.24 bits per heavy atom. The third-order valence-electron chi connectivity index (χ3n) is 5.33. The van der Waals surface area contributed by atoms with Crippen LogP contribution >= 0.6 is 7.14 Å². The zero-order valence-electron chi connectivity index (χ0n) is 16.4. The molecule has 0 amide bonds. The predicted octanol–water partition coefficient (Wildman–Crippen LogP) is 4.37. The summed E-state index contributed by atoms with van der Waals surface area (Å²) in [4.78, 5) is 2.31. The molecule has 1 fully saturated rings. The van der Waals surface area contributed by atoms with Gasteiger partial charge in [-0.3, -0.25) is 4.90 Å². The molecule has 1 atom stereocenters. The van der Waals surface area contributed by atoms with Crippen LogP contribution in [0.15, 0.2) is 97.1 Å². The van der Waals surface area contributed by atoms with Crippen molar-refractivity contribution in [3.63, 3.8) is 0 Å². The maximum Gasteiger partial charge on any atom is 0.163 e. The summed E-state index contributed by atoms with van der Waals surface area (Å²) in [5, 5.41) is 1.78. The summed E-state index contributed by atoms with van der Waals surface area (Å²) in [6.45, 7) is 2.87. The molecule has 4 heteroatoms. The highest BCUT2D eigenvalue weighted by Gasteiger charge is 2.39. The first kappa shape index (κ1) is 19.8. The van der Waals surface area contributed by atoms with Gasteiger partial charge in [0.2, 0.25) is 0 Å². The van der Waals surface area contributed by atoms with Crippen LogP contribution in [0.25, 0.3) is 6.08 Å². The second-order valence-electron chi connectivity index (χ2n) is 7.16. The van der Waals surface area contributed by atoms with Crippen LogP contribution in [0.2, 0.25) is 0 Å². The van der Waals surface area contributed by atoms with Crippen LogP contribution in [-0.2, 0) is 9.30 Å². The number of nitrogens with zero attached hydrogens (tertiary/aromatic N) is 1. The maximum atomic E-state index is 14.9. The van der Waals surface area contributed by atoms with Crippen molar-refractivity contribution >= 4 is 23.8 Å². The van der Waals surface area contributed by atoms with Crippen molar-refractivity contribution in [2.75, 3.05) is 26.3 Å². The minimum absolute atomic E-state index is 0.226. The van der Waals surface area contributed by atoms with E-state index in [1.807, 2.05) is 78.9 Å². The lowest BCUT2D eigenvalue weighted by atomic mass is 10.2. The van der Waals surface area contributed by atoms with Crippen LogP contribution in [0.5, 0.6) is 0 Å². The van der Waals surface area contributed by atoms with E-state index < -0.39 is 7.14 Å². The fraction of sp³-hybridized carbons (Fsp3) is 0.200. The van der Waals surface area contributed by atoms with E-state index in [1.165, 1.54) is 0 Å². The first-order chi connectivity index (χ1) is 14.3. The van der Waals surface area contributed by atoms with Crippen LogP contribution < -0.4 is 10.6 Å². The van der Waals surface area contributed by atoms with Crippen LogP contribution in [0.1, 0.15) is 5.56 Å². The molecule has 1 heterocycles. The number of benzene rings is 3. The summed E-state index contributed by atoms with van der Waals surface area (Å²) < 4.78 is 20.5. The molecule has 1 aliphatic heterocycles. The van der Waals surface area contributed by atoms with Crippen molar-refractivity contribution in [3.05, 3.63) is 103 Å². The SMILES string of the molecule is O=P(c1ccccc1)(c1ccccc1)C(/C=C/c1ccccc1)N1CCOCC1. The van der Waals surface area contributed by atoms with Crippen molar-refractivity contribution < 1.29 is 9.30 Å². The van der Waals surface area contributed by atoms with Crippen molar-refractivity contribution in [2.24, 2.45) is 0 Å². The Bertz CT molecular complexity index is 924. The molecule has 0 aromatic heterocycles. The van der Waals surface area contributed by atoms with Crippen LogP contribution in [-0.4, -0.2) is 37.0 Å². The smallest absolute Gasteiger partial charge is 0.163 e. The largest absolute Gasteiger partial charge is 0.379 e. The van der Waals surface area contributed by atoms with Crippen molar-refractivity contribution in [3.8, 4) is 0 Å². The van der Waals surface area contributed by atoms with E-state index in [0.717, 1.165) is 29.3 Å². The first-order valence-electron chi connectivity index (χ1n) is 10.0. The average molecular weight is 403 g/mol. The molecule has 0 radical (unpaired) electrons. The van der Waals surface area contributed by atoms with E-state index in [1.54, 1.807) is 0 Å². The van der Waals surface area contributed by atoms with Gasteiger partial charge in [0.15, 0.2) is 7.14 Å². The Morgan fingerprint density at radius 3 is 1.76 bits per heavy atom. The third kappa shape index (κ3) is 4.43. The molecule has 1 aliphatic rings. The van der Waals surface area contributed by atoms with Gasteiger partial charge < -0.3 is 9.30 Å². The van der Waals surface area contributed by atoms with E-state index >= 15 is 0 Å². The van der Waals surface area contributed by atoms with Gasteiger partial charge in [0.25, 0.3) is 0 Å². The second-order valence-corrected chi connectivity index (χ2v) is 10.0. The van der Waals surface area contributed by atoms with Crippen molar-refractivity contribution in [1.82, 2.24) is 4.90 Å². The van der Waals surface area contributed by atoms with E-state index in [-0.39, 0.29) is 5.78 Å². The van der Waals surface area contributed by atoms with Crippen LogP contribution in [0.3, 0.4) is 0 Å². The third-order valence-corrected chi connectivity index (χ3v) is 8.71. The lowest BCUT2D eigenvalue weighted by Crippen LogP contribution is -2.45. The summed E-state index contributed by atoms with van der Waals surface area (Å²) in [5.74, 6) is -0.226. The minimum Gasteiger partial charge on any atom is -0.379 e. The fourth-order valence-corrected chi connectivity index (χ4v) is 6.99. The monoisotopic (exact) mass is 403 g/mol. The molecule has 0 N–H and O–H groups in total. The molecule has 0 bridgehead atoms. The Labute approximate surface area is 173 Å². The number of hydrogen-bond donors (Lipinski definition) is 0. The van der Waals surface area contributed by atoms with E-state index in [0.29, 0.717) is 13.2 Å². The Morgan fingerprint density at radius 1 is 0.759 bits per heavy atom. The standard InChI is InChI=1S/C25H26NO2P/c27-29(23-12-6-2-7-13-23,24-14-8-3-9-15-24)25(26-18-20-28-21-19-26)17-16-22-10-4-1-5-11-22/h1-17,25H,18-21H2/b17-16+. The van der Waals surface area contributed by atoms with Gasteiger partial charge in [-0.1, -0.05) is 103 Å². The molecular weight excluding hydrogens is 377 g/mol. The highest BCUT2D eigenvalue weighted by Crippen LogP contribution is 2.50. The van der Waals surface area contributed by atoms with Gasteiger partial charge in [0.1, 0.15) is 0 Å². The number of rotatable bonds is 6. The lowest BCUT2D eigenvalue weighted by Gasteiger charge is -2.38. The Kier molecular flexibility index (Phi) is 6.41. The van der Waals surface area contributed by atoms with Crippen LogP contribution in [0, 0.1) is 0 Å². The maximum absolute atomic E-state index is 14.9. The van der Waals surface area contributed by atoms with E-state index in [2.05, 4.69) is 29.2 Å². The molecule has 0 saturated carbocycles. The van der Waals surface area contributed by atoms with Gasteiger partial charge in [-0.15, -0.1) is 0 Å². The van der Waals surface area contributed by atoms with Gasteiger partial charge in [-0.05, 0) is 5.56 Å². The van der Waals surface area contributed by atoms with Crippen molar-refractivity contribution in [2.45, 2.75) is 5.78 Å². The molecule has 3 aromatic rings. The Hall–Kier alpha value is -2.45. The summed E-state index contributed by atoms with van der Waals surface area (Å²) in [6, 6.07) is 30.0. The van der Waals surface area contributed by atoms with E-state index in [9.17, 15) is 4.57 Å². The summed E-state index contributed by atoms with van der Waals surface area (Å²) in [6.07, 6.45) is 4.22. The highest BCUT2D eigenvalue weighted by atomic mass is 31.2. The quantitative estimate of drug-likeness (QED) is 0.573. The predicted molar refractivity (Wildman–Crippen MR) is 121 cm³/mol. The van der Waals surface area contributed by atoms with Crippen LogP contribution in [0.4, 0.5) is 0 Å². The fourth-order valence-electron chi connectivity index (χ4n) is 3.83. The zero-order chi connectivity index (χ0) is 19.9. The number of hydrogen-bond acceptors (Lipinski definition) is 3.